The van der Waals surface area contributed by atoms with Crippen molar-refractivity contribution in [3.63, 3.8) is 0 Å². The zero-order chi connectivity index (χ0) is 8.41. The highest BCUT2D eigenvalue weighted by Crippen LogP contribution is 2.11. The van der Waals surface area contributed by atoms with Crippen molar-refractivity contribution in [2.45, 2.75) is 19.4 Å². The Hall–Kier alpha value is -0.610. The van der Waals surface area contributed by atoms with Gasteiger partial charge < -0.3 is 5.21 Å². The molecule has 0 aliphatic carbocycles. The third kappa shape index (κ3) is 1.97. The molecule has 10 heavy (non-hydrogen) atoms. The minimum Gasteiger partial charge on any atom is -0.411 e. The lowest BCUT2D eigenvalue weighted by atomic mass is 10.1. The minimum absolute atomic E-state index is 0.247. The van der Waals surface area contributed by atoms with Crippen LogP contribution >= 0.6 is 0 Å². The van der Waals surface area contributed by atoms with Crippen LogP contribution in [0.5, 0.6) is 0 Å². The smallest absolute Gasteiger partial charge is 0.149 e. The van der Waals surface area contributed by atoms with Gasteiger partial charge in [-0.1, -0.05) is 5.16 Å². The monoisotopic (exact) mass is 146 g/mol. The fraction of sp³-hybridized carbons (Fsp3) is 0.833. The van der Waals surface area contributed by atoms with Crippen LogP contribution in [0.25, 0.3) is 0 Å². The van der Waals surface area contributed by atoms with E-state index in [-0.39, 0.29) is 10.1 Å². The molecule has 0 radical (unpaired) electrons. The molecule has 0 aromatic carbocycles. The molecule has 0 atom stereocenters. The highest BCUT2D eigenvalue weighted by atomic mass is 16.4. The molecule has 60 valence electrons. The number of quaternary nitrogens is 1. The van der Waals surface area contributed by atoms with Crippen molar-refractivity contribution < 1.29 is 9.80 Å². The van der Waals surface area contributed by atoms with Crippen LogP contribution < -0.4 is 5.84 Å². The summed E-state index contributed by atoms with van der Waals surface area (Å²) in [5.74, 6) is 5.73. The van der Waals surface area contributed by atoms with E-state index in [9.17, 15) is 0 Å². The molecule has 0 fully saturated rings. The third-order valence-electron chi connectivity index (χ3n) is 1.86. The fourth-order valence-corrected chi connectivity index (χ4v) is 0.290. The molecule has 0 aliphatic rings. The van der Waals surface area contributed by atoms with Gasteiger partial charge in [-0.25, -0.2) is 4.59 Å². The van der Waals surface area contributed by atoms with Gasteiger partial charge in [0.1, 0.15) is 11.8 Å². The number of hydrogen-bond donors (Lipinski definition) is 2. The van der Waals surface area contributed by atoms with E-state index in [0.29, 0.717) is 0 Å². The lowest BCUT2D eigenvalue weighted by Gasteiger charge is -2.36. The van der Waals surface area contributed by atoms with Crippen LogP contribution in [0.3, 0.4) is 0 Å². The Kier molecular flexibility index (Phi) is 2.40. The topological polar surface area (TPSA) is 58.6 Å². The summed E-state index contributed by atoms with van der Waals surface area (Å²) >= 11 is 0. The van der Waals surface area contributed by atoms with E-state index in [1.54, 1.807) is 0 Å². The maximum atomic E-state index is 8.27. The van der Waals surface area contributed by atoms with Crippen LogP contribution in [0.1, 0.15) is 13.8 Å². The second-order valence-corrected chi connectivity index (χ2v) is 3.44. The molecule has 0 heterocycles. The summed E-state index contributed by atoms with van der Waals surface area (Å²) in [7, 11) is 3.67. The zero-order valence-corrected chi connectivity index (χ0v) is 7.00. The van der Waals surface area contributed by atoms with Crippen LogP contribution in [0.2, 0.25) is 0 Å². The molecule has 0 saturated carbocycles. The number of rotatable bonds is 2. The van der Waals surface area contributed by atoms with Crippen molar-refractivity contribution in [1.29, 1.82) is 0 Å². The van der Waals surface area contributed by atoms with Crippen LogP contribution in [0, 0.1) is 0 Å². The summed E-state index contributed by atoms with van der Waals surface area (Å²) in [5, 5.41) is 11.2. The predicted octanol–water partition coefficient (Wildman–Crippen LogP) is 0.175. The second kappa shape index (κ2) is 2.56. The molecule has 0 aliphatic heterocycles. The number of hydrogen-bond acceptors (Lipinski definition) is 3. The number of nitrogens with zero attached hydrogens (tertiary/aromatic N) is 2. The quantitative estimate of drug-likeness (QED) is 0.192. The number of nitrogens with two attached hydrogens (primary N) is 1. The molecule has 0 saturated heterocycles. The standard InChI is InChI=1S/C6H15N3O/c1-6(2,5-8-10)9(3,4)7/h5H,7H2,1-4H3/p+1/b8-5-. The molecule has 0 rings (SSSR count). The van der Waals surface area contributed by atoms with Gasteiger partial charge in [-0.05, 0) is 13.8 Å². The molecule has 0 aromatic heterocycles. The first kappa shape index (κ1) is 9.39. The van der Waals surface area contributed by atoms with E-state index in [1.165, 1.54) is 6.21 Å². The lowest BCUT2D eigenvalue weighted by Crippen LogP contribution is -2.62. The highest BCUT2D eigenvalue weighted by molar-refractivity contribution is 5.66. The van der Waals surface area contributed by atoms with Crippen LogP contribution in [0.4, 0.5) is 0 Å². The summed E-state index contributed by atoms with van der Waals surface area (Å²) in [6, 6.07) is 0. The first-order chi connectivity index (χ1) is 4.31. The summed E-state index contributed by atoms with van der Waals surface area (Å²) in [6.45, 7) is 3.79. The highest BCUT2D eigenvalue weighted by Gasteiger charge is 2.32. The van der Waals surface area contributed by atoms with E-state index in [1.807, 2.05) is 27.9 Å². The van der Waals surface area contributed by atoms with Gasteiger partial charge in [-0.2, -0.15) is 5.84 Å². The minimum atomic E-state index is -0.339. The third-order valence-corrected chi connectivity index (χ3v) is 1.86. The first-order valence-corrected chi connectivity index (χ1v) is 3.12. The summed E-state index contributed by atoms with van der Waals surface area (Å²) in [4.78, 5) is 0. The molecule has 4 nitrogen and oxygen atoms in total. The van der Waals surface area contributed by atoms with Crippen LogP contribution in [0.15, 0.2) is 5.16 Å². The fourth-order valence-electron chi connectivity index (χ4n) is 0.290. The van der Waals surface area contributed by atoms with Gasteiger partial charge in [0.15, 0.2) is 0 Å². The molecule has 0 bridgehead atoms. The van der Waals surface area contributed by atoms with Gasteiger partial charge in [-0.15, -0.1) is 0 Å². The average molecular weight is 146 g/mol. The summed E-state index contributed by atoms with van der Waals surface area (Å²) in [6.07, 6.45) is 1.42. The van der Waals surface area contributed by atoms with Crippen molar-refractivity contribution in [2.24, 2.45) is 11.0 Å². The first-order valence-electron chi connectivity index (χ1n) is 3.12. The molecule has 0 aromatic rings. The predicted molar refractivity (Wildman–Crippen MR) is 40.7 cm³/mol. The molecular formula is C6H16N3O+. The second-order valence-electron chi connectivity index (χ2n) is 3.44. The van der Waals surface area contributed by atoms with Gasteiger partial charge in [0.25, 0.3) is 0 Å². The molecule has 0 unspecified atom stereocenters. The zero-order valence-electron chi connectivity index (χ0n) is 7.00. The van der Waals surface area contributed by atoms with Crippen LogP contribution in [-0.2, 0) is 0 Å². The Morgan fingerprint density at radius 2 is 1.90 bits per heavy atom. The van der Waals surface area contributed by atoms with Crippen molar-refractivity contribution in [1.82, 2.24) is 0 Å². The molecule has 3 N–H and O–H groups in total. The van der Waals surface area contributed by atoms with Gasteiger partial charge in [-0.3, -0.25) is 0 Å². The van der Waals surface area contributed by atoms with Crippen molar-refractivity contribution >= 4 is 6.21 Å². The van der Waals surface area contributed by atoms with Gasteiger partial charge >= 0.3 is 0 Å². The molecular weight excluding hydrogens is 130 g/mol. The molecule has 0 amide bonds. The summed E-state index contributed by atoms with van der Waals surface area (Å²) in [5.41, 5.74) is -0.339. The lowest BCUT2D eigenvalue weighted by molar-refractivity contribution is -0.936. The molecule has 4 heteroatoms. The van der Waals surface area contributed by atoms with Crippen molar-refractivity contribution in [3.8, 4) is 0 Å². The van der Waals surface area contributed by atoms with E-state index in [2.05, 4.69) is 5.16 Å². The van der Waals surface area contributed by atoms with Gasteiger partial charge in [0.2, 0.25) is 0 Å². The normalized spacial score (nSPS) is 14.5. The maximum Gasteiger partial charge on any atom is 0.149 e. The van der Waals surface area contributed by atoms with E-state index in [4.69, 9.17) is 11.0 Å². The Morgan fingerprint density at radius 1 is 1.50 bits per heavy atom. The van der Waals surface area contributed by atoms with Gasteiger partial charge in [0.05, 0.1) is 14.1 Å². The van der Waals surface area contributed by atoms with Crippen molar-refractivity contribution in [3.05, 3.63) is 0 Å². The number of oxime groups is 1. The van der Waals surface area contributed by atoms with E-state index in [0.717, 1.165) is 0 Å². The Morgan fingerprint density at radius 3 is 2.00 bits per heavy atom. The average Bonchev–Trinajstić information content (AvgIpc) is 1.61. The largest absolute Gasteiger partial charge is 0.411 e. The van der Waals surface area contributed by atoms with Gasteiger partial charge in [0, 0.05) is 0 Å². The van der Waals surface area contributed by atoms with Crippen molar-refractivity contribution in [2.75, 3.05) is 14.1 Å². The van der Waals surface area contributed by atoms with E-state index < -0.39 is 0 Å². The Bertz CT molecular complexity index is 134. The van der Waals surface area contributed by atoms with Crippen LogP contribution in [-0.4, -0.2) is 35.6 Å². The summed E-state index contributed by atoms with van der Waals surface area (Å²) < 4.78 is 0.247. The SMILES string of the molecule is CC(C)(/C=N\O)[N+](C)(C)N. The Labute approximate surface area is 61.5 Å². The van der Waals surface area contributed by atoms with E-state index >= 15 is 0 Å². The Balaban J connectivity index is 4.40. The maximum absolute atomic E-state index is 8.27. The molecule has 0 spiro atoms.